The first kappa shape index (κ1) is 20.1. The highest BCUT2D eigenvalue weighted by molar-refractivity contribution is 7.89. The molecule has 0 aliphatic heterocycles. The number of sulfonamides is 1. The van der Waals surface area contributed by atoms with Gasteiger partial charge < -0.3 is 4.90 Å². The van der Waals surface area contributed by atoms with Gasteiger partial charge in [0.25, 0.3) is 0 Å². The lowest BCUT2D eigenvalue weighted by Gasteiger charge is -2.23. The average Bonchev–Trinajstić information content (AvgIpc) is 2.59. The molecule has 140 valence electrons. The van der Waals surface area contributed by atoms with Gasteiger partial charge in [0.1, 0.15) is 0 Å². The van der Waals surface area contributed by atoms with Crippen LogP contribution in [0, 0.1) is 20.8 Å². The lowest BCUT2D eigenvalue weighted by molar-refractivity contribution is -0.130. The predicted molar refractivity (Wildman–Crippen MR) is 103 cm³/mol. The summed E-state index contributed by atoms with van der Waals surface area (Å²) in [5.74, 6) is -0.247. The second-order valence-corrected chi connectivity index (χ2v) is 8.73. The Morgan fingerprint density at radius 1 is 0.923 bits per heavy atom. The number of hydrogen-bond acceptors (Lipinski definition) is 3. The molecule has 0 atom stereocenters. The summed E-state index contributed by atoms with van der Waals surface area (Å²) in [4.78, 5) is 14.2. The Morgan fingerprint density at radius 3 is 2.19 bits per heavy atom. The van der Waals surface area contributed by atoms with Gasteiger partial charge in [-0.1, -0.05) is 30.3 Å². The van der Waals surface area contributed by atoms with E-state index in [1.54, 1.807) is 30.1 Å². The van der Waals surface area contributed by atoms with Gasteiger partial charge in [0.05, 0.1) is 11.4 Å². The summed E-state index contributed by atoms with van der Waals surface area (Å²) in [5, 5.41) is 0. The van der Waals surface area contributed by atoms with Crippen LogP contribution in [0.1, 0.15) is 22.3 Å². The minimum atomic E-state index is -3.70. The Balaban J connectivity index is 2.09. The zero-order valence-electron chi connectivity index (χ0n) is 16.0. The Kier molecular flexibility index (Phi) is 6.21. The first-order valence-electron chi connectivity index (χ1n) is 8.45. The molecule has 0 aliphatic rings. The lowest BCUT2D eigenvalue weighted by Crippen LogP contribution is -2.39. The van der Waals surface area contributed by atoms with Crippen molar-refractivity contribution in [1.82, 2.24) is 9.21 Å². The van der Waals surface area contributed by atoms with E-state index in [4.69, 9.17) is 0 Å². The first-order chi connectivity index (χ1) is 12.1. The molecule has 0 bridgehead atoms. The van der Waals surface area contributed by atoms with E-state index in [0.29, 0.717) is 6.54 Å². The summed E-state index contributed by atoms with van der Waals surface area (Å²) in [6.45, 7) is 6.04. The van der Waals surface area contributed by atoms with Gasteiger partial charge in [0.2, 0.25) is 15.9 Å². The number of carbonyl (C=O) groups excluding carboxylic acids is 1. The molecule has 5 nitrogen and oxygen atoms in total. The molecule has 0 radical (unpaired) electrons. The van der Waals surface area contributed by atoms with Gasteiger partial charge in [0.15, 0.2) is 0 Å². The fraction of sp³-hybridized carbons (Fsp3) is 0.350. The second kappa shape index (κ2) is 8.01. The minimum absolute atomic E-state index is 0.197. The lowest BCUT2D eigenvalue weighted by atomic mass is 10.1. The van der Waals surface area contributed by atoms with Crippen molar-refractivity contribution in [2.24, 2.45) is 0 Å². The van der Waals surface area contributed by atoms with Crippen molar-refractivity contribution in [2.75, 3.05) is 20.6 Å². The van der Waals surface area contributed by atoms with E-state index in [0.717, 1.165) is 26.6 Å². The quantitative estimate of drug-likeness (QED) is 0.781. The Bertz CT molecular complexity index is 907. The highest BCUT2D eigenvalue weighted by Gasteiger charge is 2.24. The summed E-state index contributed by atoms with van der Waals surface area (Å²) in [6, 6.07) is 12.8. The largest absolute Gasteiger partial charge is 0.340 e. The molecular formula is C20H26N2O3S. The van der Waals surface area contributed by atoms with Crippen molar-refractivity contribution in [1.29, 1.82) is 0 Å². The molecule has 0 aromatic heterocycles. The zero-order chi connectivity index (χ0) is 19.5. The van der Waals surface area contributed by atoms with E-state index in [1.165, 1.54) is 7.05 Å². The molecule has 0 fully saturated rings. The van der Waals surface area contributed by atoms with Crippen molar-refractivity contribution in [3.8, 4) is 0 Å². The predicted octanol–water partition coefficient (Wildman–Crippen LogP) is 2.89. The van der Waals surface area contributed by atoms with Crippen molar-refractivity contribution in [3.63, 3.8) is 0 Å². The molecule has 2 rings (SSSR count). The van der Waals surface area contributed by atoms with Gasteiger partial charge >= 0.3 is 0 Å². The highest BCUT2D eigenvalue weighted by Crippen LogP contribution is 2.18. The Morgan fingerprint density at radius 2 is 1.58 bits per heavy atom. The van der Waals surface area contributed by atoms with Crippen LogP contribution >= 0.6 is 0 Å². The van der Waals surface area contributed by atoms with E-state index >= 15 is 0 Å². The van der Waals surface area contributed by atoms with Crippen molar-refractivity contribution in [3.05, 3.63) is 64.7 Å². The van der Waals surface area contributed by atoms with Crippen LogP contribution in [0.5, 0.6) is 0 Å². The van der Waals surface area contributed by atoms with Gasteiger partial charge in [-0.2, -0.15) is 4.31 Å². The van der Waals surface area contributed by atoms with E-state index in [2.05, 4.69) is 0 Å². The maximum atomic E-state index is 12.7. The van der Waals surface area contributed by atoms with Crippen molar-refractivity contribution in [2.45, 2.75) is 32.2 Å². The molecule has 0 saturated heterocycles. The van der Waals surface area contributed by atoms with E-state index in [9.17, 15) is 13.2 Å². The van der Waals surface area contributed by atoms with Gasteiger partial charge in [0, 0.05) is 20.6 Å². The van der Waals surface area contributed by atoms with E-state index in [-0.39, 0.29) is 17.3 Å². The number of hydrogen-bond donors (Lipinski definition) is 0. The van der Waals surface area contributed by atoms with Crippen LogP contribution < -0.4 is 0 Å². The number of rotatable bonds is 6. The van der Waals surface area contributed by atoms with Crippen molar-refractivity contribution < 1.29 is 13.2 Å². The number of amides is 1. The fourth-order valence-corrected chi connectivity index (χ4v) is 3.79. The third-order valence-corrected chi connectivity index (χ3v) is 6.44. The van der Waals surface area contributed by atoms with E-state index in [1.807, 2.05) is 45.0 Å². The molecule has 0 aliphatic carbocycles. The van der Waals surface area contributed by atoms with Gasteiger partial charge in [-0.15, -0.1) is 0 Å². The van der Waals surface area contributed by atoms with Crippen LogP contribution in [0.25, 0.3) is 0 Å². The molecule has 0 heterocycles. The number of benzene rings is 2. The minimum Gasteiger partial charge on any atom is -0.340 e. The normalized spacial score (nSPS) is 11.6. The first-order valence-corrected chi connectivity index (χ1v) is 9.89. The third-order valence-electron chi connectivity index (χ3n) is 4.64. The van der Waals surface area contributed by atoms with Crippen LogP contribution in [-0.4, -0.2) is 44.2 Å². The summed E-state index contributed by atoms with van der Waals surface area (Å²) in [6.07, 6.45) is 0. The van der Waals surface area contributed by atoms with Crippen LogP contribution in [0.3, 0.4) is 0 Å². The van der Waals surface area contributed by atoms with Crippen LogP contribution in [0.4, 0.5) is 0 Å². The third kappa shape index (κ3) is 4.51. The van der Waals surface area contributed by atoms with E-state index < -0.39 is 10.0 Å². The molecule has 2 aromatic rings. The monoisotopic (exact) mass is 374 g/mol. The Hall–Kier alpha value is -2.18. The van der Waals surface area contributed by atoms with Crippen LogP contribution in [-0.2, 0) is 21.4 Å². The van der Waals surface area contributed by atoms with Gasteiger partial charge in [-0.25, -0.2) is 8.42 Å². The van der Waals surface area contributed by atoms with Crippen LogP contribution in [0.15, 0.2) is 47.4 Å². The molecule has 0 spiro atoms. The molecule has 2 aromatic carbocycles. The number of likely N-dealkylation sites (N-methyl/N-ethyl adjacent to an activating group) is 2. The number of nitrogens with zero attached hydrogens (tertiary/aromatic N) is 2. The van der Waals surface area contributed by atoms with Crippen molar-refractivity contribution >= 4 is 15.9 Å². The summed E-state index contributed by atoms with van der Waals surface area (Å²) >= 11 is 0. The SMILES string of the molecule is Cc1ccc(S(=O)(=O)N(C)CC(=O)N(C)Cc2ccccc2C)cc1C. The zero-order valence-corrected chi connectivity index (χ0v) is 16.8. The van der Waals surface area contributed by atoms with Crippen LogP contribution in [0.2, 0.25) is 0 Å². The maximum absolute atomic E-state index is 12.7. The highest BCUT2D eigenvalue weighted by atomic mass is 32.2. The summed E-state index contributed by atoms with van der Waals surface area (Å²) < 4.78 is 26.5. The maximum Gasteiger partial charge on any atom is 0.243 e. The molecule has 6 heteroatoms. The van der Waals surface area contributed by atoms with Gasteiger partial charge in [-0.3, -0.25) is 4.79 Å². The smallest absolute Gasteiger partial charge is 0.243 e. The molecule has 1 amide bonds. The molecule has 0 N–H and O–H groups in total. The molecule has 26 heavy (non-hydrogen) atoms. The Labute approximate surface area is 156 Å². The molecule has 0 saturated carbocycles. The fourth-order valence-electron chi connectivity index (χ4n) is 2.58. The summed E-state index contributed by atoms with van der Waals surface area (Å²) in [7, 11) is -0.582. The summed E-state index contributed by atoms with van der Waals surface area (Å²) in [5.41, 5.74) is 4.08. The second-order valence-electron chi connectivity index (χ2n) is 6.68. The standard InChI is InChI=1S/C20H26N2O3S/c1-15-10-11-19(12-17(15)3)26(24,25)22(5)14-20(23)21(4)13-18-9-7-6-8-16(18)2/h6-12H,13-14H2,1-5H3. The number of carbonyl (C=O) groups is 1. The topological polar surface area (TPSA) is 57.7 Å². The number of aryl methyl sites for hydroxylation is 3. The average molecular weight is 375 g/mol. The van der Waals surface area contributed by atoms with Gasteiger partial charge in [-0.05, 0) is 55.2 Å². The molecular weight excluding hydrogens is 348 g/mol. The molecule has 0 unspecified atom stereocenters.